The van der Waals surface area contributed by atoms with Crippen LogP contribution >= 0.6 is 11.3 Å². The topological polar surface area (TPSA) is 86.7 Å². The fourth-order valence-electron chi connectivity index (χ4n) is 0.963. The lowest BCUT2D eigenvalue weighted by Gasteiger charge is -2.11. The second kappa shape index (κ2) is 4.40. The largest absolute Gasteiger partial charge is 0.477 e. The molecule has 0 radical (unpaired) electrons. The van der Waals surface area contributed by atoms with Crippen molar-refractivity contribution in [3.05, 3.63) is 16.5 Å². The molecule has 90 valence electrons. The fraction of sp³-hybridized carbons (Fsp3) is 0.375. The zero-order valence-corrected chi connectivity index (χ0v) is 10.6. The summed E-state index contributed by atoms with van der Waals surface area (Å²) in [6.07, 6.45) is 0. The Morgan fingerprint density at radius 2 is 2.06 bits per heavy atom. The van der Waals surface area contributed by atoms with Crippen LogP contribution in [0.5, 0.6) is 0 Å². The van der Waals surface area contributed by atoms with E-state index in [0.717, 1.165) is 15.6 Å². The molecule has 0 aliphatic rings. The van der Waals surface area contributed by atoms with Gasteiger partial charge in [0.15, 0.2) is 0 Å². The molecule has 1 aromatic heterocycles. The first-order valence-electron chi connectivity index (χ1n) is 4.28. The summed E-state index contributed by atoms with van der Waals surface area (Å²) in [7, 11) is -0.800. The maximum Gasteiger partial charge on any atom is 0.346 e. The minimum atomic E-state index is -3.58. The first kappa shape index (κ1) is 12.9. The van der Waals surface area contributed by atoms with Crippen molar-refractivity contribution < 1.29 is 18.3 Å². The van der Waals surface area contributed by atoms with Crippen molar-refractivity contribution in [2.75, 3.05) is 18.8 Å². The zero-order valence-electron chi connectivity index (χ0n) is 9.01. The Labute approximate surface area is 97.7 Å². The molecule has 6 nitrogen and oxygen atoms in total. The number of nitrogens with one attached hydrogen (secondary N) is 1. The molecule has 8 heteroatoms. The molecule has 0 aliphatic carbocycles. The van der Waals surface area contributed by atoms with E-state index >= 15 is 0 Å². The zero-order chi connectivity index (χ0) is 12.5. The van der Waals surface area contributed by atoms with Gasteiger partial charge in [0, 0.05) is 14.1 Å². The molecule has 0 saturated heterocycles. The number of hydrogen-bond donors (Lipinski definition) is 2. The Hall–Kier alpha value is -1.12. The minimum absolute atomic E-state index is 0.136. The Bertz CT molecular complexity index is 504. The predicted molar refractivity (Wildman–Crippen MR) is 62.2 cm³/mol. The number of carboxylic acid groups (broad SMARTS) is 1. The maximum atomic E-state index is 11.5. The predicted octanol–water partition coefficient (Wildman–Crippen LogP) is 0.973. The molecular weight excluding hydrogens is 252 g/mol. The van der Waals surface area contributed by atoms with Crippen molar-refractivity contribution in [3.8, 4) is 0 Å². The number of anilines is 1. The second-order valence-corrected chi connectivity index (χ2v) is 6.25. The van der Waals surface area contributed by atoms with Gasteiger partial charge in [0.05, 0.1) is 0 Å². The van der Waals surface area contributed by atoms with Gasteiger partial charge in [-0.05, 0) is 18.6 Å². The number of nitrogens with zero attached hydrogens (tertiary/aromatic N) is 1. The van der Waals surface area contributed by atoms with Crippen LogP contribution in [0.1, 0.15) is 15.2 Å². The normalized spacial score (nSPS) is 11.8. The van der Waals surface area contributed by atoms with Gasteiger partial charge in [-0.15, -0.1) is 11.3 Å². The number of carboxylic acids is 1. The lowest BCUT2D eigenvalue weighted by atomic mass is 10.3. The van der Waals surface area contributed by atoms with Gasteiger partial charge in [-0.2, -0.15) is 12.7 Å². The van der Waals surface area contributed by atoms with Crippen LogP contribution in [0.15, 0.2) is 6.07 Å². The molecule has 1 aromatic rings. The van der Waals surface area contributed by atoms with Gasteiger partial charge in [-0.1, -0.05) is 0 Å². The monoisotopic (exact) mass is 264 g/mol. The summed E-state index contributed by atoms with van der Waals surface area (Å²) < 4.78 is 26.2. The highest BCUT2D eigenvalue weighted by molar-refractivity contribution is 7.90. The standard InChI is InChI=1S/C8H12N2O4S2/c1-5-4-6(15-7(5)8(11)12)9-16(13,14)10(2)3/h4,9H,1-3H3,(H,11,12). The van der Waals surface area contributed by atoms with Crippen molar-refractivity contribution in [2.45, 2.75) is 6.92 Å². The molecule has 0 aliphatic heterocycles. The highest BCUT2D eigenvalue weighted by atomic mass is 32.2. The molecule has 0 unspecified atom stereocenters. The van der Waals surface area contributed by atoms with Gasteiger partial charge < -0.3 is 5.11 Å². The lowest BCUT2D eigenvalue weighted by molar-refractivity contribution is 0.0701. The van der Waals surface area contributed by atoms with Crippen molar-refractivity contribution in [1.82, 2.24) is 4.31 Å². The Balaban J connectivity index is 3.01. The number of hydrogen-bond acceptors (Lipinski definition) is 4. The lowest BCUT2D eigenvalue weighted by Crippen LogP contribution is -2.28. The Kier molecular flexibility index (Phi) is 3.56. The summed E-state index contributed by atoms with van der Waals surface area (Å²) in [5, 5.41) is 9.10. The van der Waals surface area contributed by atoms with Crippen molar-refractivity contribution in [3.63, 3.8) is 0 Å². The molecule has 0 atom stereocenters. The molecule has 2 N–H and O–H groups in total. The Morgan fingerprint density at radius 1 is 1.50 bits per heavy atom. The van der Waals surface area contributed by atoms with Crippen molar-refractivity contribution >= 4 is 32.5 Å². The van der Waals surface area contributed by atoms with Gasteiger partial charge >= 0.3 is 16.2 Å². The average molecular weight is 264 g/mol. The van der Waals surface area contributed by atoms with Crippen LogP contribution in [0.2, 0.25) is 0 Å². The van der Waals surface area contributed by atoms with E-state index in [-0.39, 0.29) is 4.88 Å². The van der Waals surface area contributed by atoms with Crippen LogP contribution in [0.4, 0.5) is 5.00 Å². The molecular formula is C8H12N2O4S2. The summed E-state index contributed by atoms with van der Waals surface area (Å²) in [5.74, 6) is -1.06. The van der Waals surface area contributed by atoms with E-state index in [1.54, 1.807) is 6.92 Å². The summed E-state index contributed by atoms with van der Waals surface area (Å²) in [6.45, 7) is 1.62. The number of carbonyl (C=O) groups is 1. The van der Waals surface area contributed by atoms with E-state index in [0.29, 0.717) is 10.6 Å². The fourth-order valence-corrected chi connectivity index (χ4v) is 2.70. The smallest absolute Gasteiger partial charge is 0.346 e. The highest BCUT2D eigenvalue weighted by Crippen LogP contribution is 2.27. The first-order chi connectivity index (χ1) is 7.24. The molecule has 0 spiro atoms. The van der Waals surface area contributed by atoms with E-state index in [1.165, 1.54) is 20.2 Å². The highest BCUT2D eigenvalue weighted by Gasteiger charge is 2.17. The van der Waals surface area contributed by atoms with Gasteiger partial charge in [-0.3, -0.25) is 4.72 Å². The van der Waals surface area contributed by atoms with Crippen molar-refractivity contribution in [2.24, 2.45) is 0 Å². The number of rotatable bonds is 4. The Morgan fingerprint density at radius 3 is 2.44 bits per heavy atom. The molecule has 0 aromatic carbocycles. The van der Waals surface area contributed by atoms with Crippen LogP contribution < -0.4 is 4.72 Å². The van der Waals surface area contributed by atoms with Crippen LogP contribution in [0, 0.1) is 6.92 Å². The summed E-state index contributed by atoms with van der Waals surface area (Å²) >= 11 is 0.895. The molecule has 0 amide bonds. The van der Waals surface area contributed by atoms with E-state index in [2.05, 4.69) is 4.72 Å². The van der Waals surface area contributed by atoms with Gasteiger partial charge in [-0.25, -0.2) is 4.79 Å². The molecule has 0 bridgehead atoms. The van der Waals surface area contributed by atoms with Crippen LogP contribution in [-0.2, 0) is 10.2 Å². The molecule has 16 heavy (non-hydrogen) atoms. The van der Waals surface area contributed by atoms with Gasteiger partial charge in [0.1, 0.15) is 9.88 Å². The molecule has 0 saturated carbocycles. The third kappa shape index (κ3) is 2.71. The van der Waals surface area contributed by atoms with E-state index in [1.807, 2.05) is 0 Å². The van der Waals surface area contributed by atoms with Crippen LogP contribution in [0.25, 0.3) is 0 Å². The number of aromatic carboxylic acids is 1. The average Bonchev–Trinajstić information content (AvgIpc) is 2.45. The maximum absolute atomic E-state index is 11.5. The third-order valence-electron chi connectivity index (χ3n) is 1.82. The van der Waals surface area contributed by atoms with Crippen LogP contribution in [0.3, 0.4) is 0 Å². The molecule has 1 heterocycles. The minimum Gasteiger partial charge on any atom is -0.477 e. The van der Waals surface area contributed by atoms with Crippen molar-refractivity contribution in [1.29, 1.82) is 0 Å². The van der Waals surface area contributed by atoms with E-state index in [4.69, 9.17) is 5.11 Å². The van der Waals surface area contributed by atoms with E-state index in [9.17, 15) is 13.2 Å². The number of thiophene rings is 1. The van der Waals surface area contributed by atoms with Gasteiger partial charge in [0.25, 0.3) is 0 Å². The second-order valence-electron chi connectivity index (χ2n) is 3.32. The molecule has 1 rings (SSSR count). The van der Waals surface area contributed by atoms with E-state index < -0.39 is 16.2 Å². The summed E-state index contributed by atoms with van der Waals surface area (Å²) in [6, 6.07) is 1.50. The molecule has 0 fully saturated rings. The summed E-state index contributed by atoms with van der Waals surface area (Å²) in [4.78, 5) is 10.9. The van der Waals surface area contributed by atoms with Crippen LogP contribution in [-0.4, -0.2) is 37.9 Å². The number of aryl methyl sites for hydroxylation is 1. The van der Waals surface area contributed by atoms with Gasteiger partial charge in [0.2, 0.25) is 0 Å². The third-order valence-corrected chi connectivity index (χ3v) is 4.53. The first-order valence-corrected chi connectivity index (χ1v) is 6.53. The quantitative estimate of drug-likeness (QED) is 0.848. The SMILES string of the molecule is Cc1cc(NS(=O)(=O)N(C)C)sc1C(=O)O. The summed E-state index contributed by atoms with van der Waals surface area (Å²) in [5.41, 5.74) is 0.536.